The van der Waals surface area contributed by atoms with Crippen LogP contribution in [-0.4, -0.2) is 35.0 Å². The van der Waals surface area contributed by atoms with Crippen molar-refractivity contribution < 1.29 is 14.1 Å². The minimum Gasteiger partial charge on any atom is -0.354 e. The van der Waals surface area contributed by atoms with Crippen LogP contribution in [0.5, 0.6) is 0 Å². The van der Waals surface area contributed by atoms with E-state index in [4.69, 9.17) is 4.52 Å². The number of benzene rings is 1. The molecule has 4 rings (SSSR count). The van der Waals surface area contributed by atoms with Crippen molar-refractivity contribution in [2.24, 2.45) is 0 Å². The van der Waals surface area contributed by atoms with Crippen molar-refractivity contribution in [2.45, 2.75) is 27.2 Å². The van der Waals surface area contributed by atoms with E-state index in [2.05, 4.69) is 26.8 Å². The number of fused-ring (bicyclic) bond motifs is 1. The number of nitrogens with zero attached hydrogens (tertiary/aromatic N) is 2. The average Bonchev–Trinajstić information content (AvgIpc) is 3.32. The highest BCUT2D eigenvalue weighted by Gasteiger charge is 2.20. The quantitative estimate of drug-likeness (QED) is 0.417. The molecule has 0 atom stereocenters. The summed E-state index contributed by atoms with van der Waals surface area (Å²) in [5, 5.41) is 10.3. The molecule has 0 saturated carbocycles. The van der Waals surface area contributed by atoms with Gasteiger partial charge in [0.2, 0.25) is 5.91 Å². The lowest BCUT2D eigenvalue weighted by atomic mass is 10.1. The maximum absolute atomic E-state index is 13.0. The molecule has 0 aliphatic rings. The number of carbonyl (C=O) groups excluding carboxylic acids is 2. The van der Waals surface area contributed by atoms with Crippen molar-refractivity contribution in [1.29, 1.82) is 0 Å². The second kappa shape index (κ2) is 9.32. The SMILES string of the molecule is Cc1cc(-c2cc(C(=O)NCCNC(=O)Cc3ccccc3)c3c(C)noc3n2)c(C)s1. The van der Waals surface area contributed by atoms with Gasteiger partial charge < -0.3 is 15.2 Å². The van der Waals surface area contributed by atoms with Crippen LogP contribution in [0.1, 0.15) is 31.4 Å². The lowest BCUT2D eigenvalue weighted by Crippen LogP contribution is -2.35. The lowest BCUT2D eigenvalue weighted by molar-refractivity contribution is -0.120. The fourth-order valence-corrected chi connectivity index (χ4v) is 4.55. The first-order chi connectivity index (χ1) is 15.4. The second-order valence-corrected chi connectivity index (χ2v) is 9.06. The molecule has 0 aliphatic carbocycles. The van der Waals surface area contributed by atoms with E-state index in [1.807, 2.05) is 44.2 Å². The second-order valence-electron chi connectivity index (χ2n) is 7.60. The molecular formula is C24H24N4O3S. The van der Waals surface area contributed by atoms with E-state index in [9.17, 15) is 9.59 Å². The van der Waals surface area contributed by atoms with Gasteiger partial charge in [-0.15, -0.1) is 11.3 Å². The number of nitrogens with one attached hydrogen (secondary N) is 2. The van der Waals surface area contributed by atoms with Crippen LogP contribution >= 0.6 is 11.3 Å². The van der Waals surface area contributed by atoms with Crippen molar-refractivity contribution in [3.8, 4) is 11.3 Å². The van der Waals surface area contributed by atoms with Crippen LogP contribution in [0.2, 0.25) is 0 Å². The summed E-state index contributed by atoms with van der Waals surface area (Å²) in [5.74, 6) is -0.343. The molecule has 2 N–H and O–H groups in total. The summed E-state index contributed by atoms with van der Waals surface area (Å²) in [5.41, 5.74) is 4.01. The molecule has 3 heterocycles. The van der Waals surface area contributed by atoms with Gasteiger partial charge in [0.1, 0.15) is 0 Å². The predicted octanol–water partition coefficient (Wildman–Crippen LogP) is 3.97. The third-order valence-corrected chi connectivity index (χ3v) is 6.08. The van der Waals surface area contributed by atoms with Gasteiger partial charge in [-0.2, -0.15) is 0 Å². The fourth-order valence-electron chi connectivity index (χ4n) is 3.61. The Morgan fingerprint density at radius 3 is 2.50 bits per heavy atom. The fraction of sp³-hybridized carbons (Fsp3) is 0.250. The van der Waals surface area contributed by atoms with Crippen LogP contribution in [0.3, 0.4) is 0 Å². The topological polar surface area (TPSA) is 97.1 Å². The standard InChI is InChI=1S/C24H24N4O3S/c1-14-11-18(16(3)32-14)20-13-19(22-15(2)28-31-24(22)27-20)23(30)26-10-9-25-21(29)12-17-7-5-4-6-8-17/h4-8,11,13H,9-10,12H2,1-3H3,(H,25,29)(H,26,30). The first-order valence-electron chi connectivity index (χ1n) is 10.4. The summed E-state index contributed by atoms with van der Waals surface area (Å²) in [4.78, 5) is 32.0. The summed E-state index contributed by atoms with van der Waals surface area (Å²) >= 11 is 1.68. The van der Waals surface area contributed by atoms with Crippen LogP contribution < -0.4 is 10.6 Å². The Bertz CT molecular complexity index is 1280. The molecule has 2 amide bonds. The monoisotopic (exact) mass is 448 g/mol. The average molecular weight is 449 g/mol. The number of thiophene rings is 1. The zero-order valence-electron chi connectivity index (χ0n) is 18.2. The normalized spacial score (nSPS) is 11.0. The number of aromatic nitrogens is 2. The van der Waals surface area contributed by atoms with Crippen LogP contribution in [-0.2, 0) is 11.2 Å². The first-order valence-corrected chi connectivity index (χ1v) is 11.2. The smallest absolute Gasteiger partial charge is 0.259 e. The molecular weight excluding hydrogens is 424 g/mol. The summed E-state index contributed by atoms with van der Waals surface area (Å²) in [7, 11) is 0. The maximum atomic E-state index is 13.0. The molecule has 164 valence electrons. The summed E-state index contributed by atoms with van der Waals surface area (Å²) < 4.78 is 5.37. The van der Waals surface area contributed by atoms with Crippen LogP contribution in [0.4, 0.5) is 0 Å². The Balaban J connectivity index is 1.45. The minimum absolute atomic E-state index is 0.0859. The Hall–Kier alpha value is -3.52. The molecule has 4 aromatic rings. The highest BCUT2D eigenvalue weighted by molar-refractivity contribution is 7.12. The van der Waals surface area contributed by atoms with E-state index in [-0.39, 0.29) is 11.8 Å². The highest BCUT2D eigenvalue weighted by Crippen LogP contribution is 2.32. The number of aryl methyl sites for hydroxylation is 3. The first kappa shape index (κ1) is 21.7. The van der Waals surface area contributed by atoms with Gasteiger partial charge in [-0.05, 0) is 38.5 Å². The van der Waals surface area contributed by atoms with Gasteiger partial charge in [0, 0.05) is 28.4 Å². The highest BCUT2D eigenvalue weighted by atomic mass is 32.1. The van der Waals surface area contributed by atoms with E-state index in [1.165, 1.54) is 4.88 Å². The van der Waals surface area contributed by atoms with Gasteiger partial charge in [0.15, 0.2) is 0 Å². The van der Waals surface area contributed by atoms with Crippen molar-refractivity contribution >= 4 is 34.3 Å². The van der Waals surface area contributed by atoms with E-state index in [1.54, 1.807) is 24.3 Å². The van der Waals surface area contributed by atoms with Crippen molar-refractivity contribution in [3.63, 3.8) is 0 Å². The molecule has 0 aliphatic heterocycles. The Morgan fingerprint density at radius 2 is 1.78 bits per heavy atom. The van der Waals surface area contributed by atoms with E-state index >= 15 is 0 Å². The molecule has 32 heavy (non-hydrogen) atoms. The largest absolute Gasteiger partial charge is 0.354 e. The van der Waals surface area contributed by atoms with E-state index in [0.717, 1.165) is 16.0 Å². The van der Waals surface area contributed by atoms with E-state index < -0.39 is 0 Å². The molecule has 0 bridgehead atoms. The molecule has 0 spiro atoms. The number of pyridine rings is 1. The van der Waals surface area contributed by atoms with Gasteiger partial charge in [-0.3, -0.25) is 9.59 Å². The molecule has 3 aromatic heterocycles. The van der Waals surface area contributed by atoms with Crippen molar-refractivity contribution in [3.05, 3.63) is 69.0 Å². The zero-order chi connectivity index (χ0) is 22.7. The molecule has 7 nitrogen and oxygen atoms in total. The van der Waals surface area contributed by atoms with Gasteiger partial charge in [-0.1, -0.05) is 35.5 Å². The molecule has 1 aromatic carbocycles. The minimum atomic E-state index is -0.258. The summed E-state index contributed by atoms with van der Waals surface area (Å²) in [6.45, 7) is 6.50. The molecule has 0 saturated heterocycles. The molecule has 0 unspecified atom stereocenters. The zero-order valence-corrected chi connectivity index (χ0v) is 19.0. The Kier molecular flexibility index (Phi) is 6.32. The van der Waals surface area contributed by atoms with Gasteiger partial charge >= 0.3 is 0 Å². The third-order valence-electron chi connectivity index (χ3n) is 5.12. The lowest BCUT2D eigenvalue weighted by Gasteiger charge is -2.09. The predicted molar refractivity (Wildman–Crippen MR) is 125 cm³/mol. The van der Waals surface area contributed by atoms with Crippen molar-refractivity contribution in [1.82, 2.24) is 20.8 Å². The number of amides is 2. The van der Waals surface area contributed by atoms with Gasteiger partial charge in [-0.25, -0.2) is 4.98 Å². The van der Waals surface area contributed by atoms with Gasteiger partial charge in [0.25, 0.3) is 11.6 Å². The number of rotatable bonds is 7. The number of hydrogen-bond acceptors (Lipinski definition) is 6. The number of hydrogen-bond donors (Lipinski definition) is 2. The maximum Gasteiger partial charge on any atom is 0.259 e. The summed E-state index contributed by atoms with van der Waals surface area (Å²) in [6, 6.07) is 13.4. The Labute approximate surface area is 189 Å². The van der Waals surface area contributed by atoms with Crippen LogP contribution in [0, 0.1) is 20.8 Å². The molecule has 8 heteroatoms. The molecule has 0 fully saturated rings. The van der Waals surface area contributed by atoms with E-state index in [0.29, 0.717) is 47.6 Å². The summed E-state index contributed by atoms with van der Waals surface area (Å²) in [6.07, 6.45) is 0.308. The molecule has 0 radical (unpaired) electrons. The number of carbonyl (C=O) groups is 2. The van der Waals surface area contributed by atoms with Crippen LogP contribution in [0.25, 0.3) is 22.4 Å². The third kappa shape index (κ3) is 4.70. The van der Waals surface area contributed by atoms with Crippen molar-refractivity contribution in [2.75, 3.05) is 13.1 Å². The van der Waals surface area contributed by atoms with Crippen LogP contribution in [0.15, 0.2) is 47.0 Å². The van der Waals surface area contributed by atoms with Gasteiger partial charge in [0.05, 0.1) is 28.8 Å². The Morgan fingerprint density at radius 1 is 1.03 bits per heavy atom.